The highest BCUT2D eigenvalue weighted by Crippen LogP contribution is 1.93. The Morgan fingerprint density at radius 3 is 2.77 bits per heavy atom. The van der Waals surface area contributed by atoms with Gasteiger partial charge in [-0.05, 0) is 13.8 Å². The van der Waals surface area contributed by atoms with E-state index in [0.29, 0.717) is 12.6 Å². The lowest BCUT2D eigenvalue weighted by Crippen LogP contribution is -2.32. The molecule has 0 bridgehead atoms. The molecule has 0 radical (unpaired) electrons. The number of aromatic nitrogens is 2. The summed E-state index contributed by atoms with van der Waals surface area (Å²) >= 11 is 0. The molecule has 0 aliphatic carbocycles. The number of nitrogens with two attached hydrogens (primary N) is 1. The Kier molecular flexibility index (Phi) is 3.79. The fourth-order valence-electron chi connectivity index (χ4n) is 0.873. The predicted molar refractivity (Wildman–Crippen MR) is 52.1 cm³/mol. The highest BCUT2D eigenvalue weighted by molar-refractivity contribution is 5.00. The average Bonchev–Trinajstić information content (AvgIpc) is 2.16. The molecular formula is C9H16N4. The molecule has 1 aromatic heterocycles. The lowest BCUT2D eigenvalue weighted by Gasteiger charge is -2.09. The van der Waals surface area contributed by atoms with Crippen molar-refractivity contribution in [2.75, 3.05) is 6.54 Å². The monoisotopic (exact) mass is 180 g/mol. The van der Waals surface area contributed by atoms with Gasteiger partial charge in [-0.3, -0.25) is 9.97 Å². The molecule has 4 nitrogen and oxygen atoms in total. The van der Waals surface area contributed by atoms with Crippen molar-refractivity contribution in [3.05, 3.63) is 23.8 Å². The van der Waals surface area contributed by atoms with E-state index < -0.39 is 0 Å². The van der Waals surface area contributed by atoms with Gasteiger partial charge in [0.15, 0.2) is 0 Å². The topological polar surface area (TPSA) is 63.8 Å². The smallest absolute Gasteiger partial charge is 0.0724 e. The lowest BCUT2D eigenvalue weighted by molar-refractivity contribution is 0.549. The second-order valence-electron chi connectivity index (χ2n) is 3.17. The van der Waals surface area contributed by atoms with Crippen LogP contribution in [0.2, 0.25) is 0 Å². The van der Waals surface area contributed by atoms with E-state index in [-0.39, 0.29) is 0 Å². The quantitative estimate of drug-likeness (QED) is 0.696. The molecule has 0 aliphatic rings. The van der Waals surface area contributed by atoms with Crippen LogP contribution in [-0.2, 0) is 6.54 Å². The molecule has 0 aliphatic heterocycles. The molecule has 0 aromatic carbocycles. The Morgan fingerprint density at radius 1 is 1.46 bits per heavy atom. The van der Waals surface area contributed by atoms with Crippen molar-refractivity contribution < 1.29 is 0 Å². The summed E-state index contributed by atoms with van der Waals surface area (Å²) < 4.78 is 0. The van der Waals surface area contributed by atoms with Gasteiger partial charge in [-0.15, -0.1) is 0 Å². The van der Waals surface area contributed by atoms with Crippen molar-refractivity contribution in [2.45, 2.75) is 26.4 Å². The summed E-state index contributed by atoms with van der Waals surface area (Å²) in [6, 6.07) is 0.322. The number of nitrogens with one attached hydrogen (secondary N) is 1. The zero-order valence-electron chi connectivity index (χ0n) is 8.12. The van der Waals surface area contributed by atoms with Crippen molar-refractivity contribution >= 4 is 0 Å². The third kappa shape index (κ3) is 3.48. The highest BCUT2D eigenvalue weighted by Gasteiger charge is 1.98. The molecular weight excluding hydrogens is 164 g/mol. The SMILES string of the molecule is Cc1cnc(CNC(C)CN)cn1. The van der Waals surface area contributed by atoms with Gasteiger partial charge in [0.1, 0.15) is 0 Å². The summed E-state index contributed by atoms with van der Waals surface area (Å²) in [6.07, 6.45) is 3.55. The van der Waals surface area contributed by atoms with Gasteiger partial charge in [-0.2, -0.15) is 0 Å². The lowest BCUT2D eigenvalue weighted by atomic mass is 10.3. The number of aryl methyl sites for hydroxylation is 1. The standard InChI is InChI=1S/C9H16N4/c1-7(3-10)11-5-9-6-12-8(2)4-13-9/h4,6-7,11H,3,5,10H2,1-2H3. The minimum atomic E-state index is 0.322. The molecule has 0 amide bonds. The normalized spacial score (nSPS) is 12.8. The Bertz CT molecular complexity index is 244. The summed E-state index contributed by atoms with van der Waals surface area (Å²) in [5, 5.41) is 3.24. The van der Waals surface area contributed by atoms with E-state index in [1.54, 1.807) is 12.4 Å². The van der Waals surface area contributed by atoms with Gasteiger partial charge in [-0.25, -0.2) is 0 Å². The number of rotatable bonds is 4. The third-order valence-corrected chi connectivity index (χ3v) is 1.82. The molecule has 72 valence electrons. The maximum atomic E-state index is 5.46. The van der Waals surface area contributed by atoms with Gasteiger partial charge in [0.2, 0.25) is 0 Å². The largest absolute Gasteiger partial charge is 0.329 e. The van der Waals surface area contributed by atoms with Crippen LogP contribution in [0.3, 0.4) is 0 Å². The van der Waals surface area contributed by atoms with Crippen LogP contribution in [0.1, 0.15) is 18.3 Å². The predicted octanol–water partition coefficient (Wildman–Crippen LogP) is 0.222. The van der Waals surface area contributed by atoms with Crippen LogP contribution in [0.15, 0.2) is 12.4 Å². The van der Waals surface area contributed by atoms with Crippen LogP contribution < -0.4 is 11.1 Å². The molecule has 1 unspecified atom stereocenters. The van der Waals surface area contributed by atoms with E-state index in [2.05, 4.69) is 15.3 Å². The van der Waals surface area contributed by atoms with E-state index in [4.69, 9.17) is 5.73 Å². The Labute approximate surface area is 78.6 Å². The zero-order valence-corrected chi connectivity index (χ0v) is 8.12. The van der Waals surface area contributed by atoms with Crippen LogP contribution in [0.4, 0.5) is 0 Å². The van der Waals surface area contributed by atoms with Crippen molar-refractivity contribution in [3.63, 3.8) is 0 Å². The first-order valence-corrected chi connectivity index (χ1v) is 4.43. The van der Waals surface area contributed by atoms with Gasteiger partial charge < -0.3 is 11.1 Å². The van der Waals surface area contributed by atoms with Crippen molar-refractivity contribution in [1.29, 1.82) is 0 Å². The van der Waals surface area contributed by atoms with Gasteiger partial charge >= 0.3 is 0 Å². The summed E-state index contributed by atoms with van der Waals surface area (Å²) in [7, 11) is 0. The van der Waals surface area contributed by atoms with Gasteiger partial charge in [0.05, 0.1) is 11.4 Å². The van der Waals surface area contributed by atoms with Crippen LogP contribution >= 0.6 is 0 Å². The van der Waals surface area contributed by atoms with Crippen molar-refractivity contribution in [1.82, 2.24) is 15.3 Å². The van der Waals surface area contributed by atoms with Crippen LogP contribution in [-0.4, -0.2) is 22.6 Å². The van der Waals surface area contributed by atoms with Crippen molar-refractivity contribution in [2.24, 2.45) is 5.73 Å². The molecule has 1 rings (SSSR count). The third-order valence-electron chi connectivity index (χ3n) is 1.82. The minimum absolute atomic E-state index is 0.322. The number of hydrogen-bond donors (Lipinski definition) is 2. The van der Waals surface area contributed by atoms with E-state index in [0.717, 1.165) is 17.9 Å². The molecule has 0 fully saturated rings. The fraction of sp³-hybridized carbons (Fsp3) is 0.556. The Morgan fingerprint density at radius 2 is 2.23 bits per heavy atom. The molecule has 13 heavy (non-hydrogen) atoms. The maximum Gasteiger partial charge on any atom is 0.0724 e. The summed E-state index contributed by atoms with van der Waals surface area (Å²) in [4.78, 5) is 8.37. The molecule has 1 atom stereocenters. The van der Waals surface area contributed by atoms with E-state index >= 15 is 0 Å². The molecule has 3 N–H and O–H groups in total. The second kappa shape index (κ2) is 4.89. The molecule has 0 saturated heterocycles. The van der Waals surface area contributed by atoms with E-state index in [1.165, 1.54) is 0 Å². The van der Waals surface area contributed by atoms with Crippen LogP contribution in [0.25, 0.3) is 0 Å². The number of nitrogens with zero attached hydrogens (tertiary/aromatic N) is 2. The average molecular weight is 180 g/mol. The van der Waals surface area contributed by atoms with E-state index in [1.807, 2.05) is 13.8 Å². The molecule has 1 aromatic rings. The highest BCUT2D eigenvalue weighted by atomic mass is 14.9. The second-order valence-corrected chi connectivity index (χ2v) is 3.17. The van der Waals surface area contributed by atoms with Gasteiger partial charge in [0.25, 0.3) is 0 Å². The first-order chi connectivity index (χ1) is 6.22. The van der Waals surface area contributed by atoms with Crippen LogP contribution in [0.5, 0.6) is 0 Å². The first-order valence-electron chi connectivity index (χ1n) is 4.43. The molecule has 0 saturated carbocycles. The van der Waals surface area contributed by atoms with Gasteiger partial charge in [0, 0.05) is 31.5 Å². The first kappa shape index (κ1) is 10.1. The summed E-state index contributed by atoms with van der Waals surface area (Å²) in [5.41, 5.74) is 7.35. The summed E-state index contributed by atoms with van der Waals surface area (Å²) in [6.45, 7) is 5.33. The Hall–Kier alpha value is -1.00. The Balaban J connectivity index is 2.41. The molecule has 0 spiro atoms. The van der Waals surface area contributed by atoms with Crippen molar-refractivity contribution in [3.8, 4) is 0 Å². The summed E-state index contributed by atoms with van der Waals surface area (Å²) in [5.74, 6) is 0. The molecule has 4 heteroatoms. The molecule has 1 heterocycles. The zero-order chi connectivity index (χ0) is 9.68. The van der Waals surface area contributed by atoms with Crippen LogP contribution in [0, 0.1) is 6.92 Å². The van der Waals surface area contributed by atoms with E-state index in [9.17, 15) is 0 Å². The fourth-order valence-corrected chi connectivity index (χ4v) is 0.873. The maximum absolute atomic E-state index is 5.46. The minimum Gasteiger partial charge on any atom is -0.329 e. The van der Waals surface area contributed by atoms with Gasteiger partial charge in [-0.1, -0.05) is 0 Å². The number of hydrogen-bond acceptors (Lipinski definition) is 4.